The highest BCUT2D eigenvalue weighted by Gasteiger charge is 2.14. The maximum Gasteiger partial charge on any atom is 0.0948 e. The van der Waals surface area contributed by atoms with Gasteiger partial charge >= 0.3 is 0 Å². The highest BCUT2D eigenvalue weighted by atomic mass is 32.2. The molecule has 1 heterocycles. The van der Waals surface area contributed by atoms with Gasteiger partial charge < -0.3 is 4.57 Å². The summed E-state index contributed by atoms with van der Waals surface area (Å²) in [7, 11) is 0. The summed E-state index contributed by atoms with van der Waals surface area (Å²) in [4.78, 5) is 5.45. The molecule has 21 heavy (non-hydrogen) atoms. The number of hydrogen-bond donors (Lipinski definition) is 0. The van der Waals surface area contributed by atoms with E-state index in [4.69, 9.17) is 0 Å². The van der Waals surface area contributed by atoms with Crippen molar-refractivity contribution in [3.63, 3.8) is 0 Å². The molecule has 0 aliphatic heterocycles. The number of benzene rings is 1. The van der Waals surface area contributed by atoms with Crippen molar-refractivity contribution >= 4 is 17.8 Å². The lowest BCUT2D eigenvalue weighted by atomic mass is 10.0. The van der Waals surface area contributed by atoms with Crippen molar-refractivity contribution in [3.05, 3.63) is 54.6 Å². The van der Waals surface area contributed by atoms with Crippen molar-refractivity contribution in [1.29, 1.82) is 0 Å². The highest BCUT2D eigenvalue weighted by Crippen LogP contribution is 2.33. The van der Waals surface area contributed by atoms with E-state index in [9.17, 15) is 0 Å². The average molecular weight is 298 g/mol. The summed E-state index contributed by atoms with van der Waals surface area (Å²) in [6, 6.07) is 8.96. The van der Waals surface area contributed by atoms with E-state index in [0.717, 1.165) is 11.8 Å². The number of rotatable bonds is 5. The van der Waals surface area contributed by atoms with Gasteiger partial charge in [0.1, 0.15) is 0 Å². The Kier molecular flexibility index (Phi) is 5.17. The first-order valence-corrected chi connectivity index (χ1v) is 8.67. The number of aromatic nitrogens is 2. The number of nitrogens with zero attached hydrogens (tertiary/aromatic N) is 2. The maximum absolute atomic E-state index is 4.04. The predicted molar refractivity (Wildman–Crippen MR) is 90.4 cm³/mol. The molecular formula is C18H22N2S. The smallest absolute Gasteiger partial charge is 0.0948 e. The molecule has 3 rings (SSSR count). The zero-order valence-corrected chi connectivity index (χ0v) is 13.1. The van der Waals surface area contributed by atoms with Gasteiger partial charge in [0, 0.05) is 29.1 Å². The Labute approximate surface area is 131 Å². The minimum absolute atomic E-state index is 0.835. The molecule has 110 valence electrons. The van der Waals surface area contributed by atoms with Gasteiger partial charge in [-0.3, -0.25) is 0 Å². The van der Waals surface area contributed by atoms with Crippen molar-refractivity contribution in [1.82, 2.24) is 9.55 Å². The van der Waals surface area contributed by atoms with Gasteiger partial charge in [-0.05, 0) is 30.5 Å². The fraction of sp³-hybridized carbons (Fsp3) is 0.389. The number of thioether (sulfide) groups is 1. The summed E-state index contributed by atoms with van der Waals surface area (Å²) in [6.45, 7) is 0.874. The molecule has 1 aromatic carbocycles. The van der Waals surface area contributed by atoms with E-state index >= 15 is 0 Å². The maximum atomic E-state index is 4.04. The van der Waals surface area contributed by atoms with Crippen LogP contribution in [0.25, 0.3) is 6.08 Å². The van der Waals surface area contributed by atoms with Crippen LogP contribution in [0.1, 0.15) is 37.7 Å². The Morgan fingerprint density at radius 3 is 2.67 bits per heavy atom. The minimum Gasteiger partial charge on any atom is -0.334 e. The number of imidazole rings is 1. The van der Waals surface area contributed by atoms with Crippen LogP contribution in [0.15, 0.2) is 54.0 Å². The third kappa shape index (κ3) is 4.50. The molecule has 1 fully saturated rings. The fourth-order valence-corrected chi connectivity index (χ4v) is 3.99. The summed E-state index contributed by atoms with van der Waals surface area (Å²) >= 11 is 2.06. The summed E-state index contributed by atoms with van der Waals surface area (Å²) in [6.07, 6.45) is 17.0. The molecule has 0 radical (unpaired) electrons. The van der Waals surface area contributed by atoms with Gasteiger partial charge in [-0.2, -0.15) is 0 Å². The lowest BCUT2D eigenvalue weighted by Crippen LogP contribution is -2.07. The Hall–Kier alpha value is -1.48. The van der Waals surface area contributed by atoms with Crippen LogP contribution in [0, 0.1) is 0 Å². The molecule has 3 heteroatoms. The number of allylic oxidation sites excluding steroid dienone is 1. The van der Waals surface area contributed by atoms with Gasteiger partial charge in [0.05, 0.1) is 6.33 Å². The molecule has 1 aromatic heterocycles. The molecule has 0 atom stereocenters. The highest BCUT2D eigenvalue weighted by molar-refractivity contribution is 8.00. The topological polar surface area (TPSA) is 17.8 Å². The molecule has 0 saturated heterocycles. The first-order valence-electron chi connectivity index (χ1n) is 7.79. The van der Waals surface area contributed by atoms with Crippen LogP contribution in [0.5, 0.6) is 0 Å². The molecule has 2 aromatic rings. The Bertz CT molecular complexity index is 551. The fourth-order valence-electron chi connectivity index (χ4n) is 2.74. The van der Waals surface area contributed by atoms with E-state index in [-0.39, 0.29) is 0 Å². The molecule has 0 N–H and O–H groups in total. The van der Waals surface area contributed by atoms with Crippen LogP contribution in [0.2, 0.25) is 0 Å². The second kappa shape index (κ2) is 7.51. The monoisotopic (exact) mass is 298 g/mol. The standard InChI is InChI=1S/C18H22N2S/c1-2-6-17(7-3-1)21-18-10-8-16(9-11-18)5-4-13-20-14-12-19-15-20/h4-5,8-12,14-15,17H,1-3,6-7,13H2. The zero-order chi connectivity index (χ0) is 14.3. The Morgan fingerprint density at radius 2 is 1.95 bits per heavy atom. The lowest BCUT2D eigenvalue weighted by molar-refractivity contribution is 0.516. The zero-order valence-electron chi connectivity index (χ0n) is 12.3. The van der Waals surface area contributed by atoms with Crippen LogP contribution < -0.4 is 0 Å². The largest absolute Gasteiger partial charge is 0.334 e. The summed E-state index contributed by atoms with van der Waals surface area (Å²) in [5.74, 6) is 0. The van der Waals surface area contributed by atoms with Crippen LogP contribution in [-0.4, -0.2) is 14.8 Å². The van der Waals surface area contributed by atoms with E-state index in [0.29, 0.717) is 0 Å². The van der Waals surface area contributed by atoms with Crippen LogP contribution in [0.4, 0.5) is 0 Å². The van der Waals surface area contributed by atoms with Gasteiger partial charge in [0.25, 0.3) is 0 Å². The molecule has 2 nitrogen and oxygen atoms in total. The quantitative estimate of drug-likeness (QED) is 0.771. The SMILES string of the molecule is C(=Cc1ccc(SC2CCCCC2)cc1)Cn1ccnc1. The van der Waals surface area contributed by atoms with Crippen molar-refractivity contribution in [2.45, 2.75) is 48.8 Å². The summed E-state index contributed by atoms with van der Waals surface area (Å²) < 4.78 is 2.06. The van der Waals surface area contributed by atoms with Crippen molar-refractivity contribution in [2.75, 3.05) is 0 Å². The summed E-state index contributed by atoms with van der Waals surface area (Å²) in [5, 5.41) is 0.835. The van der Waals surface area contributed by atoms with Crippen LogP contribution in [0.3, 0.4) is 0 Å². The molecule has 1 saturated carbocycles. The van der Waals surface area contributed by atoms with Gasteiger partial charge in [-0.1, -0.05) is 43.5 Å². The first kappa shape index (κ1) is 14.5. The third-order valence-corrected chi connectivity index (χ3v) is 5.27. The Balaban J connectivity index is 1.52. The van der Waals surface area contributed by atoms with Crippen molar-refractivity contribution in [3.8, 4) is 0 Å². The van der Waals surface area contributed by atoms with Gasteiger partial charge in [0.2, 0.25) is 0 Å². The van der Waals surface area contributed by atoms with Gasteiger partial charge in [-0.15, -0.1) is 11.8 Å². The van der Waals surface area contributed by atoms with E-state index in [1.807, 2.05) is 18.7 Å². The molecule has 0 spiro atoms. The van der Waals surface area contributed by atoms with E-state index in [2.05, 4.69) is 57.7 Å². The van der Waals surface area contributed by atoms with Crippen LogP contribution in [-0.2, 0) is 6.54 Å². The van der Waals surface area contributed by atoms with E-state index in [1.165, 1.54) is 42.6 Å². The molecule has 1 aliphatic carbocycles. The first-order chi connectivity index (χ1) is 10.4. The molecule has 0 bridgehead atoms. The van der Waals surface area contributed by atoms with Crippen molar-refractivity contribution in [2.24, 2.45) is 0 Å². The van der Waals surface area contributed by atoms with Gasteiger partial charge in [-0.25, -0.2) is 4.98 Å². The van der Waals surface area contributed by atoms with Gasteiger partial charge in [0.15, 0.2) is 0 Å². The third-order valence-electron chi connectivity index (χ3n) is 3.92. The van der Waals surface area contributed by atoms with E-state index in [1.54, 1.807) is 0 Å². The lowest BCUT2D eigenvalue weighted by Gasteiger charge is -2.20. The average Bonchev–Trinajstić information content (AvgIpc) is 3.03. The number of hydrogen-bond acceptors (Lipinski definition) is 2. The predicted octanol–water partition coefficient (Wildman–Crippen LogP) is 5.02. The van der Waals surface area contributed by atoms with Crippen molar-refractivity contribution < 1.29 is 0 Å². The minimum atomic E-state index is 0.835. The van der Waals surface area contributed by atoms with Crippen LogP contribution >= 0.6 is 11.8 Å². The van der Waals surface area contributed by atoms with E-state index < -0.39 is 0 Å². The summed E-state index contributed by atoms with van der Waals surface area (Å²) in [5.41, 5.74) is 1.27. The normalized spacial score (nSPS) is 16.6. The second-order valence-corrected chi connectivity index (χ2v) is 6.98. The molecule has 0 amide bonds. The Morgan fingerprint density at radius 1 is 1.14 bits per heavy atom. The molecule has 1 aliphatic rings. The molecule has 0 unspecified atom stereocenters. The second-order valence-electron chi connectivity index (χ2n) is 5.61. The molecular weight excluding hydrogens is 276 g/mol.